The molecule has 0 aromatic heterocycles. The minimum Gasteiger partial charge on any atom is -0.411 e. The summed E-state index contributed by atoms with van der Waals surface area (Å²) >= 11 is 0. The normalized spacial score (nSPS) is 10.8. The molecule has 0 aromatic carbocycles. The summed E-state index contributed by atoms with van der Waals surface area (Å²) in [4.78, 5) is 0. The molecule has 0 saturated carbocycles. The van der Waals surface area contributed by atoms with Gasteiger partial charge < -0.3 is 18.6 Å². The molecule has 0 bridgehead atoms. The van der Waals surface area contributed by atoms with Crippen LogP contribution >= 0.6 is 0 Å². The summed E-state index contributed by atoms with van der Waals surface area (Å²) in [6, 6.07) is 0. The van der Waals surface area contributed by atoms with E-state index >= 15 is 0 Å². The average Bonchev–Trinajstić information content (AvgIpc) is 2.04. The summed E-state index contributed by atoms with van der Waals surface area (Å²) in [6.07, 6.45) is 0.336. The van der Waals surface area contributed by atoms with Gasteiger partial charge >= 0.3 is 31.1 Å². The first kappa shape index (κ1) is 22.1. The number of nitrogens with zero attached hydrogens (tertiary/aromatic N) is 1. The van der Waals surface area contributed by atoms with Crippen molar-refractivity contribution in [1.29, 1.82) is 0 Å². The molecule has 0 aliphatic carbocycles. The molecule has 0 radical (unpaired) electrons. The maximum Gasteiger partial charge on any atom is 2.00 e. The quantitative estimate of drug-likeness (QED) is 0.587. The first-order valence-electron chi connectivity index (χ1n) is 4.65. The summed E-state index contributed by atoms with van der Waals surface area (Å²) in [5.41, 5.74) is 0. The van der Waals surface area contributed by atoms with Crippen LogP contribution in [0.5, 0.6) is 0 Å². The largest absolute Gasteiger partial charge is 2.00 e. The third kappa shape index (κ3) is 14.9. The molecule has 16 heavy (non-hydrogen) atoms. The van der Waals surface area contributed by atoms with Crippen LogP contribution < -0.4 is 4.72 Å². The van der Waals surface area contributed by atoms with Crippen LogP contribution in [0.2, 0.25) is 0 Å². The van der Waals surface area contributed by atoms with Crippen LogP contribution in [0.1, 0.15) is 13.8 Å². The van der Waals surface area contributed by atoms with E-state index in [1.165, 1.54) is 14.1 Å². The molecule has 1 N–H and O–H groups in total. The van der Waals surface area contributed by atoms with Crippen molar-refractivity contribution in [2.45, 2.75) is 20.0 Å². The Balaban J connectivity index is -0.000000214. The number of hydrogen-bond donors (Lipinski definition) is 1. The van der Waals surface area contributed by atoms with Gasteiger partial charge in [0.15, 0.2) is 0 Å². The fourth-order valence-electron chi connectivity index (χ4n) is 0.494. The van der Waals surface area contributed by atoms with Gasteiger partial charge in [0.2, 0.25) is 0 Å². The number of nitrogens with one attached hydrogen (secondary N) is 1. The maximum atomic E-state index is 10.7. The van der Waals surface area contributed by atoms with Crippen molar-refractivity contribution < 1.29 is 44.3 Å². The number of hydrogen-bond acceptors (Lipinski definition) is 3. The number of ether oxygens (including phenoxy) is 1. The van der Waals surface area contributed by atoms with E-state index in [-0.39, 0.29) is 37.7 Å². The van der Waals surface area contributed by atoms with E-state index in [0.717, 1.165) is 4.31 Å². The molecule has 0 unspecified atom stereocenters. The Bertz CT molecular complexity index is 231. The molecule has 0 rings (SSSR count). The van der Waals surface area contributed by atoms with E-state index in [9.17, 15) is 8.42 Å². The zero-order valence-electron chi connectivity index (χ0n) is 10.5. The molecule has 0 aromatic rings. The van der Waals surface area contributed by atoms with Crippen molar-refractivity contribution in [3.63, 3.8) is 0 Å². The van der Waals surface area contributed by atoms with Gasteiger partial charge in [-0.1, -0.05) is 6.61 Å². The Hall–Kier alpha value is 0.882. The van der Waals surface area contributed by atoms with Crippen molar-refractivity contribution in [2.75, 3.05) is 27.2 Å². The van der Waals surface area contributed by atoms with Crippen molar-refractivity contribution >= 4 is 10.2 Å². The van der Waals surface area contributed by atoms with Gasteiger partial charge in [0.05, 0.1) is 0 Å². The van der Waals surface area contributed by atoms with Gasteiger partial charge in [0, 0.05) is 20.2 Å². The van der Waals surface area contributed by atoms with Gasteiger partial charge in [-0.3, -0.25) is 0 Å². The summed E-state index contributed by atoms with van der Waals surface area (Å²) < 4.78 is 29.6. The van der Waals surface area contributed by atoms with Crippen LogP contribution in [0, 0.1) is 45.0 Å². The zero-order chi connectivity index (χ0) is 12.5. The monoisotopic (exact) mass is 476 g/mol. The molecule has 0 aliphatic rings. The predicted molar refractivity (Wildman–Crippen MR) is 62.4 cm³/mol. The molecular formula is C9H22N2O3SU. The second-order valence-corrected chi connectivity index (χ2v) is 5.07. The molecule has 0 heterocycles. The first-order valence-corrected chi connectivity index (χ1v) is 6.09. The zero-order valence-corrected chi connectivity index (χ0v) is 15.5. The first-order chi connectivity index (χ1) is 6.77. The van der Waals surface area contributed by atoms with Crippen molar-refractivity contribution in [1.82, 2.24) is 9.03 Å². The van der Waals surface area contributed by atoms with E-state index in [1.807, 2.05) is 13.8 Å². The van der Waals surface area contributed by atoms with Gasteiger partial charge in [-0.05, 0) is 13.8 Å². The fraction of sp³-hybridized carbons (Fsp3) is 0.778. The average molecular weight is 476 g/mol. The van der Waals surface area contributed by atoms with Crippen LogP contribution in [0.4, 0.5) is 0 Å². The van der Waals surface area contributed by atoms with E-state index in [1.54, 1.807) is 0 Å². The van der Waals surface area contributed by atoms with E-state index in [2.05, 4.69) is 18.6 Å². The Morgan fingerprint density at radius 2 is 1.75 bits per heavy atom. The summed E-state index contributed by atoms with van der Waals surface area (Å²) in [5, 5.41) is 0. The summed E-state index contributed by atoms with van der Waals surface area (Å²) in [7, 11) is -0.315. The van der Waals surface area contributed by atoms with Crippen LogP contribution in [0.3, 0.4) is 0 Å². The third-order valence-corrected chi connectivity index (χ3v) is 2.75. The molecule has 5 nitrogen and oxygen atoms in total. The topological polar surface area (TPSA) is 58.6 Å². The van der Waals surface area contributed by atoms with Crippen molar-refractivity contribution in [3.05, 3.63) is 13.8 Å². The van der Waals surface area contributed by atoms with Crippen LogP contribution in [0.25, 0.3) is 0 Å². The molecular weight excluding hydrogens is 454 g/mol. The van der Waals surface area contributed by atoms with Gasteiger partial charge in [0.1, 0.15) is 0 Å². The van der Waals surface area contributed by atoms with Crippen molar-refractivity contribution in [3.8, 4) is 0 Å². The molecule has 0 aliphatic heterocycles. The van der Waals surface area contributed by atoms with Crippen LogP contribution in [0.15, 0.2) is 0 Å². The van der Waals surface area contributed by atoms with Gasteiger partial charge in [-0.2, -0.15) is 12.7 Å². The van der Waals surface area contributed by atoms with Crippen LogP contribution in [-0.4, -0.2) is 46.1 Å². The second-order valence-electron chi connectivity index (χ2n) is 3.10. The SMILES string of the molecule is [CH2-]CNS(=O)(=O)N(C)C.[CH2-]COC(C)C.[U+2]. The number of rotatable bonds is 5. The van der Waals surface area contributed by atoms with Gasteiger partial charge in [-0.15, -0.1) is 6.54 Å². The molecule has 96 valence electrons. The fourth-order valence-corrected chi connectivity index (χ4v) is 1.01. The van der Waals surface area contributed by atoms with E-state index < -0.39 is 10.2 Å². The molecule has 7 heteroatoms. The minimum absolute atomic E-state index is 0. The van der Waals surface area contributed by atoms with Crippen molar-refractivity contribution in [2.24, 2.45) is 0 Å². The minimum atomic E-state index is -3.23. The third-order valence-electron chi connectivity index (χ3n) is 1.22. The van der Waals surface area contributed by atoms with E-state index in [4.69, 9.17) is 4.74 Å². The van der Waals surface area contributed by atoms with E-state index in [0.29, 0.717) is 12.7 Å². The Morgan fingerprint density at radius 3 is 1.81 bits per heavy atom. The predicted octanol–water partition coefficient (Wildman–Crippen LogP) is 0.462. The molecule has 0 fully saturated rings. The molecule has 0 spiro atoms. The Kier molecular flexibility index (Phi) is 17.0. The molecule has 0 amide bonds. The Morgan fingerprint density at radius 1 is 1.31 bits per heavy atom. The van der Waals surface area contributed by atoms with Crippen LogP contribution in [-0.2, 0) is 14.9 Å². The smallest absolute Gasteiger partial charge is 0.411 e. The Labute approximate surface area is 124 Å². The maximum absolute atomic E-state index is 10.7. The molecule has 0 saturated heterocycles. The van der Waals surface area contributed by atoms with Gasteiger partial charge in [-0.25, -0.2) is 4.72 Å². The molecule has 0 atom stereocenters. The van der Waals surface area contributed by atoms with Gasteiger partial charge in [0.25, 0.3) is 10.2 Å². The standard InChI is InChI=1S/C5H11O.C4H11N2O2S.U/c1-4-6-5(2)3;1-4-5-9(7,8)6(2)3;/h5H,1,4H2,2-3H3;5H,1,4H2,2-3H3;/q2*-1;+2. The summed E-state index contributed by atoms with van der Waals surface area (Å²) in [6.45, 7) is 11.6. The summed E-state index contributed by atoms with van der Waals surface area (Å²) in [5.74, 6) is 0. The second kappa shape index (κ2) is 12.3.